The molecule has 1 amide bonds. The molecule has 0 bridgehead atoms. The fraction of sp³-hybridized carbons (Fsp3) is 0.111. The second-order valence-electron chi connectivity index (χ2n) is 7.68. The van der Waals surface area contributed by atoms with Crippen molar-refractivity contribution in [2.75, 3.05) is 11.9 Å². The summed E-state index contributed by atoms with van der Waals surface area (Å²) in [7, 11) is 0. The van der Waals surface area contributed by atoms with Crippen LogP contribution < -0.4 is 10.6 Å². The van der Waals surface area contributed by atoms with Gasteiger partial charge in [-0.25, -0.2) is 13.8 Å². The highest BCUT2D eigenvalue weighted by molar-refractivity contribution is 5.99. The molecule has 0 saturated heterocycles. The Morgan fingerprint density at radius 1 is 1.00 bits per heavy atom. The van der Waals surface area contributed by atoms with Gasteiger partial charge in [0.15, 0.2) is 11.6 Å². The molecule has 0 radical (unpaired) electrons. The molecular weight excluding hydrogens is 448 g/mol. The normalized spacial score (nSPS) is 10.4. The number of amides is 1. The summed E-state index contributed by atoms with van der Waals surface area (Å²) < 4.78 is 27.6. The molecule has 0 aliphatic heterocycles. The van der Waals surface area contributed by atoms with E-state index in [1.165, 1.54) is 12.1 Å². The summed E-state index contributed by atoms with van der Waals surface area (Å²) in [5, 5.41) is 15.4. The Labute approximate surface area is 201 Å². The predicted molar refractivity (Wildman–Crippen MR) is 128 cm³/mol. The highest BCUT2D eigenvalue weighted by Gasteiger charge is 2.16. The maximum absolute atomic E-state index is 14.0. The summed E-state index contributed by atoms with van der Waals surface area (Å²) in [6.45, 7) is 0.485. The molecule has 2 aromatic heterocycles. The second-order valence-corrected chi connectivity index (χ2v) is 7.68. The van der Waals surface area contributed by atoms with Crippen molar-refractivity contribution in [1.82, 2.24) is 15.3 Å². The number of hydrogen-bond donors (Lipinski definition) is 2. The molecule has 2 N–H and O–H groups in total. The summed E-state index contributed by atoms with van der Waals surface area (Å²) in [4.78, 5) is 21.6. The Kier molecular flexibility index (Phi) is 7.38. The van der Waals surface area contributed by atoms with Gasteiger partial charge in [0.2, 0.25) is 0 Å². The number of anilines is 1. The Hall–Kier alpha value is -4.64. The zero-order valence-electron chi connectivity index (χ0n) is 18.6. The first-order valence-corrected chi connectivity index (χ1v) is 10.9. The van der Waals surface area contributed by atoms with E-state index >= 15 is 0 Å². The fourth-order valence-electron chi connectivity index (χ4n) is 3.57. The van der Waals surface area contributed by atoms with Crippen molar-refractivity contribution in [2.24, 2.45) is 0 Å². The van der Waals surface area contributed by atoms with Crippen molar-refractivity contribution in [3.63, 3.8) is 0 Å². The molecule has 2 heterocycles. The molecular formula is C27H21F2N5O. The van der Waals surface area contributed by atoms with Crippen molar-refractivity contribution >= 4 is 11.7 Å². The molecule has 4 rings (SSSR count). The second kappa shape index (κ2) is 11.0. The lowest BCUT2D eigenvalue weighted by atomic mass is 10.0. The summed E-state index contributed by atoms with van der Waals surface area (Å²) in [5.74, 6) is -1.89. The van der Waals surface area contributed by atoms with Crippen molar-refractivity contribution in [3.05, 3.63) is 113 Å². The van der Waals surface area contributed by atoms with Gasteiger partial charge in [-0.3, -0.25) is 9.78 Å². The molecule has 35 heavy (non-hydrogen) atoms. The number of aromatic nitrogens is 2. The number of nitrogens with zero attached hydrogens (tertiary/aromatic N) is 3. The quantitative estimate of drug-likeness (QED) is 0.384. The Morgan fingerprint density at radius 3 is 2.66 bits per heavy atom. The molecule has 6 nitrogen and oxygen atoms in total. The van der Waals surface area contributed by atoms with E-state index in [2.05, 4.69) is 26.7 Å². The van der Waals surface area contributed by atoms with Gasteiger partial charge in [0.05, 0.1) is 22.9 Å². The van der Waals surface area contributed by atoms with Crippen LogP contribution in [-0.4, -0.2) is 22.4 Å². The smallest absolute Gasteiger partial charge is 0.255 e. The van der Waals surface area contributed by atoms with E-state index < -0.39 is 11.6 Å². The topological polar surface area (TPSA) is 90.7 Å². The Bertz CT molecular complexity index is 1390. The molecule has 0 unspecified atom stereocenters. The third-order valence-corrected chi connectivity index (χ3v) is 5.36. The van der Waals surface area contributed by atoms with Crippen LogP contribution in [0.5, 0.6) is 0 Å². The Morgan fingerprint density at radius 2 is 1.86 bits per heavy atom. The third-order valence-electron chi connectivity index (χ3n) is 5.36. The van der Waals surface area contributed by atoms with Gasteiger partial charge in [0.25, 0.3) is 5.91 Å². The van der Waals surface area contributed by atoms with Crippen LogP contribution in [0.3, 0.4) is 0 Å². The number of nitrogens with one attached hydrogen (secondary N) is 2. The summed E-state index contributed by atoms with van der Waals surface area (Å²) in [5.41, 5.74) is 2.91. The van der Waals surface area contributed by atoms with Crippen LogP contribution in [0.15, 0.2) is 79.1 Å². The number of hydrogen-bond acceptors (Lipinski definition) is 5. The minimum absolute atomic E-state index is 0.182. The molecule has 174 valence electrons. The average Bonchev–Trinajstić information content (AvgIpc) is 2.90. The highest BCUT2D eigenvalue weighted by atomic mass is 19.2. The first-order chi connectivity index (χ1) is 17.1. The lowest BCUT2D eigenvalue weighted by Crippen LogP contribution is -2.25. The largest absolute Gasteiger partial charge is 0.369 e. The molecule has 0 atom stereocenters. The van der Waals surface area contributed by atoms with Crippen LogP contribution in [0.4, 0.5) is 14.6 Å². The SMILES string of the molecule is N#Cc1ccccc1-c1ccc(C(=O)NCc2cccnc2)c(NCCc2cccc(F)c2F)n1. The van der Waals surface area contributed by atoms with Crippen molar-refractivity contribution < 1.29 is 13.6 Å². The minimum Gasteiger partial charge on any atom is -0.369 e. The van der Waals surface area contributed by atoms with Crippen LogP contribution in [0.2, 0.25) is 0 Å². The first kappa shape index (κ1) is 23.5. The number of rotatable bonds is 8. The van der Waals surface area contributed by atoms with Crippen molar-refractivity contribution in [2.45, 2.75) is 13.0 Å². The first-order valence-electron chi connectivity index (χ1n) is 10.9. The summed E-state index contributed by atoms with van der Waals surface area (Å²) in [6, 6.07) is 20.1. The van der Waals surface area contributed by atoms with Gasteiger partial charge in [-0.1, -0.05) is 36.4 Å². The molecule has 0 aliphatic carbocycles. The van der Waals surface area contributed by atoms with Crippen LogP contribution in [0.25, 0.3) is 11.3 Å². The number of halogens is 2. The molecule has 0 aliphatic rings. The van der Waals surface area contributed by atoms with Crippen molar-refractivity contribution in [1.29, 1.82) is 5.26 Å². The van der Waals surface area contributed by atoms with E-state index in [9.17, 15) is 18.8 Å². The lowest BCUT2D eigenvalue weighted by molar-refractivity contribution is 0.0951. The Balaban J connectivity index is 1.59. The van der Waals surface area contributed by atoms with E-state index in [1.807, 2.05) is 6.07 Å². The van der Waals surface area contributed by atoms with E-state index in [1.54, 1.807) is 54.9 Å². The van der Waals surface area contributed by atoms with E-state index in [0.29, 0.717) is 16.8 Å². The van der Waals surface area contributed by atoms with Gasteiger partial charge in [-0.2, -0.15) is 5.26 Å². The van der Waals surface area contributed by atoms with E-state index in [-0.39, 0.29) is 42.4 Å². The fourth-order valence-corrected chi connectivity index (χ4v) is 3.57. The third kappa shape index (κ3) is 5.65. The zero-order valence-corrected chi connectivity index (χ0v) is 18.6. The average molecular weight is 469 g/mol. The maximum atomic E-state index is 14.0. The van der Waals surface area contributed by atoms with Gasteiger partial charge < -0.3 is 10.6 Å². The maximum Gasteiger partial charge on any atom is 0.255 e. The lowest BCUT2D eigenvalue weighted by Gasteiger charge is -2.14. The van der Waals surface area contributed by atoms with Crippen LogP contribution >= 0.6 is 0 Å². The van der Waals surface area contributed by atoms with Gasteiger partial charge in [0.1, 0.15) is 5.82 Å². The summed E-state index contributed by atoms with van der Waals surface area (Å²) in [6.07, 6.45) is 3.49. The predicted octanol–water partition coefficient (Wildman–Crippen LogP) is 4.88. The minimum atomic E-state index is -0.911. The van der Waals surface area contributed by atoms with Crippen molar-refractivity contribution in [3.8, 4) is 17.3 Å². The zero-order chi connectivity index (χ0) is 24.6. The number of carbonyl (C=O) groups is 1. The van der Waals surface area contributed by atoms with Gasteiger partial charge in [0, 0.05) is 31.0 Å². The molecule has 8 heteroatoms. The van der Waals surface area contributed by atoms with Crippen LogP contribution in [0.1, 0.15) is 27.0 Å². The molecule has 0 spiro atoms. The van der Waals surface area contributed by atoms with Gasteiger partial charge in [-0.05, 0) is 47.9 Å². The van der Waals surface area contributed by atoms with Crippen LogP contribution in [-0.2, 0) is 13.0 Å². The van der Waals surface area contributed by atoms with Gasteiger partial charge in [-0.15, -0.1) is 0 Å². The molecule has 0 fully saturated rings. The number of carbonyl (C=O) groups excluding carboxylic acids is 1. The molecule has 2 aromatic carbocycles. The van der Waals surface area contributed by atoms with Crippen LogP contribution in [0, 0.1) is 23.0 Å². The standard InChI is InChI=1S/C27H21F2N5O/c28-23-9-3-7-19(25(23)29)12-14-32-26-22(27(35)33-17-18-5-4-13-31-16-18)10-11-24(34-26)21-8-2-1-6-20(21)15-30/h1-11,13,16H,12,14,17H2,(H,32,34)(H,33,35). The number of pyridine rings is 2. The molecule has 0 saturated carbocycles. The van der Waals surface area contributed by atoms with E-state index in [0.717, 1.165) is 11.6 Å². The monoisotopic (exact) mass is 469 g/mol. The van der Waals surface area contributed by atoms with Gasteiger partial charge >= 0.3 is 0 Å². The number of nitriles is 1. The highest BCUT2D eigenvalue weighted by Crippen LogP contribution is 2.25. The van der Waals surface area contributed by atoms with E-state index in [4.69, 9.17) is 0 Å². The summed E-state index contributed by atoms with van der Waals surface area (Å²) >= 11 is 0. The number of benzene rings is 2. The molecule has 4 aromatic rings.